The van der Waals surface area contributed by atoms with Gasteiger partial charge in [-0.25, -0.2) is 4.98 Å². The fraction of sp³-hybridized carbons (Fsp3) is 0.250. The third-order valence-corrected chi connectivity index (χ3v) is 4.47. The number of carbonyl (C=O) groups excluding carboxylic acids is 1. The second-order valence-electron chi connectivity index (χ2n) is 6.64. The molecule has 0 bridgehead atoms. The lowest BCUT2D eigenvalue weighted by Crippen LogP contribution is -2.31. The minimum Gasteiger partial charge on any atom is -0.494 e. The van der Waals surface area contributed by atoms with E-state index in [0.717, 1.165) is 24.2 Å². The van der Waals surface area contributed by atoms with E-state index in [9.17, 15) is 4.79 Å². The fourth-order valence-electron chi connectivity index (χ4n) is 2.93. The summed E-state index contributed by atoms with van der Waals surface area (Å²) >= 11 is 0. The number of unbranched alkanes of at least 4 members (excludes halogenated alkanes) is 2. The Labute approximate surface area is 166 Å². The monoisotopic (exact) mass is 374 g/mol. The summed E-state index contributed by atoms with van der Waals surface area (Å²) in [7, 11) is 0. The van der Waals surface area contributed by atoms with Gasteiger partial charge in [-0.2, -0.15) is 0 Å². The molecule has 28 heavy (non-hydrogen) atoms. The summed E-state index contributed by atoms with van der Waals surface area (Å²) in [4.78, 5) is 19.3. The lowest BCUT2D eigenvalue weighted by Gasteiger charge is -2.22. The van der Waals surface area contributed by atoms with E-state index >= 15 is 0 Å². The van der Waals surface area contributed by atoms with Gasteiger partial charge in [-0.05, 0) is 48.4 Å². The first-order chi connectivity index (χ1) is 13.8. The molecule has 0 saturated heterocycles. The third kappa shape index (κ3) is 5.43. The molecule has 144 valence electrons. The molecule has 0 aliphatic carbocycles. The van der Waals surface area contributed by atoms with E-state index in [1.54, 1.807) is 11.1 Å². The topological polar surface area (TPSA) is 42.4 Å². The lowest BCUT2D eigenvalue weighted by molar-refractivity contribution is 0.0984. The summed E-state index contributed by atoms with van der Waals surface area (Å²) in [5.74, 6) is 1.34. The summed E-state index contributed by atoms with van der Waals surface area (Å²) in [6.45, 7) is 3.34. The van der Waals surface area contributed by atoms with E-state index in [0.29, 0.717) is 24.5 Å². The summed E-state index contributed by atoms with van der Waals surface area (Å²) in [5, 5.41) is 0. The van der Waals surface area contributed by atoms with Gasteiger partial charge < -0.3 is 4.74 Å². The van der Waals surface area contributed by atoms with Crippen LogP contribution in [0.15, 0.2) is 79.0 Å². The zero-order valence-corrected chi connectivity index (χ0v) is 16.3. The standard InChI is InChI=1S/C24H26N2O2/c1-2-3-9-18-28-22-15-13-21(14-16-22)24(27)26(23-12-7-8-17-25-23)19-20-10-5-4-6-11-20/h4-8,10-17H,2-3,9,18-19H2,1H3. The van der Waals surface area contributed by atoms with Gasteiger partial charge in [0.2, 0.25) is 0 Å². The van der Waals surface area contributed by atoms with Gasteiger partial charge in [-0.3, -0.25) is 9.69 Å². The summed E-state index contributed by atoms with van der Waals surface area (Å²) in [6, 6.07) is 22.9. The highest BCUT2D eigenvalue weighted by Gasteiger charge is 2.19. The van der Waals surface area contributed by atoms with Gasteiger partial charge in [0, 0.05) is 11.8 Å². The predicted molar refractivity (Wildman–Crippen MR) is 113 cm³/mol. The fourth-order valence-corrected chi connectivity index (χ4v) is 2.93. The second kappa shape index (κ2) is 10.3. The molecule has 0 radical (unpaired) electrons. The first kappa shape index (κ1) is 19.6. The van der Waals surface area contributed by atoms with Crippen LogP contribution < -0.4 is 9.64 Å². The Balaban J connectivity index is 1.75. The zero-order valence-electron chi connectivity index (χ0n) is 16.3. The Bertz CT molecular complexity index is 849. The van der Waals surface area contributed by atoms with Gasteiger partial charge in [0.15, 0.2) is 0 Å². The van der Waals surface area contributed by atoms with E-state index in [-0.39, 0.29) is 5.91 Å². The van der Waals surface area contributed by atoms with Gasteiger partial charge in [0.25, 0.3) is 5.91 Å². The van der Waals surface area contributed by atoms with Crippen molar-refractivity contribution in [2.24, 2.45) is 0 Å². The first-order valence-corrected chi connectivity index (χ1v) is 9.77. The van der Waals surface area contributed by atoms with Crippen molar-refractivity contribution < 1.29 is 9.53 Å². The van der Waals surface area contributed by atoms with Crippen molar-refractivity contribution in [2.45, 2.75) is 32.7 Å². The predicted octanol–water partition coefficient (Wildman–Crippen LogP) is 5.50. The van der Waals surface area contributed by atoms with Crippen LogP contribution in [0.1, 0.15) is 42.1 Å². The number of nitrogens with zero attached hydrogens (tertiary/aromatic N) is 2. The van der Waals surface area contributed by atoms with Gasteiger partial charge in [0.1, 0.15) is 11.6 Å². The van der Waals surface area contributed by atoms with Crippen LogP contribution >= 0.6 is 0 Å². The maximum atomic E-state index is 13.2. The van der Waals surface area contributed by atoms with Gasteiger partial charge in [0.05, 0.1) is 13.2 Å². The second-order valence-corrected chi connectivity index (χ2v) is 6.64. The molecule has 3 rings (SSSR count). The van der Waals surface area contributed by atoms with Crippen LogP contribution in [0.2, 0.25) is 0 Å². The third-order valence-electron chi connectivity index (χ3n) is 4.47. The number of pyridine rings is 1. The zero-order chi connectivity index (χ0) is 19.6. The molecule has 3 aromatic rings. The number of hydrogen-bond acceptors (Lipinski definition) is 3. The molecule has 0 fully saturated rings. The van der Waals surface area contributed by atoms with E-state index in [4.69, 9.17) is 4.74 Å². The average molecular weight is 374 g/mol. The van der Waals surface area contributed by atoms with E-state index in [2.05, 4.69) is 11.9 Å². The molecule has 4 nitrogen and oxygen atoms in total. The average Bonchev–Trinajstić information content (AvgIpc) is 2.76. The van der Waals surface area contributed by atoms with Crippen LogP contribution in [0.4, 0.5) is 5.82 Å². The van der Waals surface area contributed by atoms with E-state index in [1.165, 1.54) is 6.42 Å². The van der Waals surface area contributed by atoms with Crippen molar-refractivity contribution in [1.82, 2.24) is 4.98 Å². The Morgan fingerprint density at radius 1 is 0.929 bits per heavy atom. The van der Waals surface area contributed by atoms with Crippen LogP contribution in [-0.4, -0.2) is 17.5 Å². The molecule has 1 amide bonds. The van der Waals surface area contributed by atoms with Gasteiger partial charge in [-0.15, -0.1) is 0 Å². The quantitative estimate of drug-likeness (QED) is 0.465. The number of hydrogen-bond donors (Lipinski definition) is 0. The van der Waals surface area contributed by atoms with E-state index < -0.39 is 0 Å². The molecule has 0 unspecified atom stereocenters. The Hall–Kier alpha value is -3.14. The van der Waals surface area contributed by atoms with Crippen molar-refractivity contribution >= 4 is 11.7 Å². The molecular formula is C24H26N2O2. The number of aromatic nitrogens is 1. The largest absolute Gasteiger partial charge is 0.494 e. The first-order valence-electron chi connectivity index (χ1n) is 9.77. The number of ether oxygens (including phenoxy) is 1. The minimum absolute atomic E-state index is 0.0833. The molecule has 0 aliphatic rings. The smallest absolute Gasteiger partial charge is 0.259 e. The molecule has 0 N–H and O–H groups in total. The molecule has 2 aromatic carbocycles. The molecule has 1 aromatic heterocycles. The van der Waals surface area contributed by atoms with Crippen LogP contribution in [0.25, 0.3) is 0 Å². The molecule has 0 atom stereocenters. The van der Waals surface area contributed by atoms with Gasteiger partial charge in [-0.1, -0.05) is 56.2 Å². The highest BCUT2D eigenvalue weighted by Crippen LogP contribution is 2.20. The maximum Gasteiger partial charge on any atom is 0.259 e. The van der Waals surface area contributed by atoms with Gasteiger partial charge >= 0.3 is 0 Å². The SMILES string of the molecule is CCCCCOc1ccc(C(=O)N(Cc2ccccc2)c2ccccn2)cc1. The summed E-state index contributed by atoms with van der Waals surface area (Å²) < 4.78 is 5.75. The highest BCUT2D eigenvalue weighted by atomic mass is 16.5. The Kier molecular flexibility index (Phi) is 7.19. The number of rotatable bonds is 9. The van der Waals surface area contributed by atoms with Crippen LogP contribution in [0.5, 0.6) is 5.75 Å². The molecule has 0 saturated carbocycles. The van der Waals surface area contributed by atoms with Crippen LogP contribution in [0.3, 0.4) is 0 Å². The van der Waals surface area contributed by atoms with Crippen molar-refractivity contribution in [3.05, 3.63) is 90.1 Å². The number of anilines is 1. The number of benzene rings is 2. The summed E-state index contributed by atoms with van der Waals surface area (Å²) in [5.41, 5.74) is 1.67. The number of amides is 1. The lowest BCUT2D eigenvalue weighted by atomic mass is 10.1. The summed E-state index contributed by atoms with van der Waals surface area (Å²) in [6.07, 6.45) is 5.08. The molecular weight excluding hydrogens is 348 g/mol. The number of carbonyl (C=O) groups is 1. The molecule has 0 spiro atoms. The van der Waals surface area contributed by atoms with Crippen molar-refractivity contribution in [2.75, 3.05) is 11.5 Å². The minimum atomic E-state index is -0.0833. The van der Waals surface area contributed by atoms with Crippen molar-refractivity contribution in [1.29, 1.82) is 0 Å². The molecule has 4 heteroatoms. The molecule has 1 heterocycles. The Morgan fingerprint density at radius 3 is 2.36 bits per heavy atom. The van der Waals surface area contributed by atoms with Crippen molar-refractivity contribution in [3.63, 3.8) is 0 Å². The van der Waals surface area contributed by atoms with Crippen LogP contribution in [0, 0.1) is 0 Å². The maximum absolute atomic E-state index is 13.2. The normalized spacial score (nSPS) is 10.5. The van der Waals surface area contributed by atoms with E-state index in [1.807, 2.05) is 72.8 Å². The van der Waals surface area contributed by atoms with Crippen LogP contribution in [-0.2, 0) is 6.54 Å². The highest BCUT2D eigenvalue weighted by molar-refractivity contribution is 6.05. The molecule has 0 aliphatic heterocycles. The Morgan fingerprint density at radius 2 is 1.68 bits per heavy atom. The van der Waals surface area contributed by atoms with Crippen molar-refractivity contribution in [3.8, 4) is 5.75 Å².